The van der Waals surface area contributed by atoms with Crippen LogP contribution in [-0.2, 0) is 16.1 Å². The topological polar surface area (TPSA) is 49.8 Å². The number of rotatable bonds is 4. The number of carbonyl (C=O) groups excluding carboxylic acids is 1. The lowest BCUT2D eigenvalue weighted by atomic mass is 10.1. The monoisotopic (exact) mass is 277 g/mol. The van der Waals surface area contributed by atoms with Gasteiger partial charge in [-0.25, -0.2) is 0 Å². The van der Waals surface area contributed by atoms with Crippen molar-refractivity contribution in [3.63, 3.8) is 0 Å². The minimum absolute atomic E-state index is 0.106. The summed E-state index contributed by atoms with van der Waals surface area (Å²) in [5.41, 5.74) is 3.65. The molecule has 1 aromatic rings. The van der Waals surface area contributed by atoms with Crippen LogP contribution in [0.1, 0.15) is 36.5 Å². The second-order valence-corrected chi connectivity index (χ2v) is 5.68. The normalized spacial score (nSPS) is 23.0. The van der Waals surface area contributed by atoms with Gasteiger partial charge in [0.05, 0.1) is 0 Å². The molecule has 1 fully saturated rings. The number of esters is 1. The lowest BCUT2D eigenvalue weighted by molar-refractivity contribution is -0.143. The molecule has 0 aliphatic carbocycles. The number of aryl methyl sites for hydroxylation is 2. The molecule has 0 radical (unpaired) electrons. The van der Waals surface area contributed by atoms with Gasteiger partial charge in [-0.2, -0.15) is 0 Å². The van der Waals surface area contributed by atoms with E-state index < -0.39 is 6.23 Å². The van der Waals surface area contributed by atoms with Gasteiger partial charge in [0.15, 0.2) is 0 Å². The molecule has 0 bridgehead atoms. The second kappa shape index (κ2) is 6.37. The van der Waals surface area contributed by atoms with Gasteiger partial charge in [-0.1, -0.05) is 29.3 Å². The molecule has 2 atom stereocenters. The van der Waals surface area contributed by atoms with Crippen molar-refractivity contribution in [1.29, 1.82) is 0 Å². The number of ether oxygens (including phenoxy) is 1. The average Bonchev–Trinajstić information content (AvgIpc) is 2.67. The van der Waals surface area contributed by atoms with Crippen molar-refractivity contribution in [2.24, 2.45) is 0 Å². The highest BCUT2D eigenvalue weighted by atomic mass is 16.5. The van der Waals surface area contributed by atoms with E-state index in [1.807, 2.05) is 4.90 Å². The van der Waals surface area contributed by atoms with Crippen molar-refractivity contribution < 1.29 is 14.6 Å². The largest absolute Gasteiger partial charge is 0.464 e. The summed E-state index contributed by atoms with van der Waals surface area (Å²) in [6.45, 7) is 6.62. The Labute approximate surface area is 120 Å². The first-order valence-electron chi connectivity index (χ1n) is 7.10. The Morgan fingerprint density at radius 2 is 1.95 bits per heavy atom. The van der Waals surface area contributed by atoms with E-state index in [-0.39, 0.29) is 12.0 Å². The lowest BCUT2D eigenvalue weighted by Crippen LogP contribution is -2.38. The number of aliphatic hydroxyl groups is 1. The van der Waals surface area contributed by atoms with Gasteiger partial charge in [-0.3, -0.25) is 9.69 Å². The van der Waals surface area contributed by atoms with Crippen LogP contribution in [0.25, 0.3) is 0 Å². The summed E-state index contributed by atoms with van der Waals surface area (Å²) in [4.78, 5) is 13.0. The average molecular weight is 277 g/mol. The molecule has 1 saturated heterocycles. The van der Waals surface area contributed by atoms with E-state index in [4.69, 9.17) is 4.74 Å². The van der Waals surface area contributed by atoms with E-state index in [1.54, 1.807) is 0 Å². The second-order valence-electron chi connectivity index (χ2n) is 5.68. The summed E-state index contributed by atoms with van der Waals surface area (Å²) >= 11 is 0. The minimum atomic E-state index is -0.448. The fourth-order valence-corrected chi connectivity index (χ4v) is 2.91. The molecule has 0 amide bonds. The molecule has 4 heteroatoms. The van der Waals surface area contributed by atoms with Gasteiger partial charge in [-0.05, 0) is 32.3 Å². The van der Waals surface area contributed by atoms with Crippen LogP contribution < -0.4 is 0 Å². The molecule has 1 N–H and O–H groups in total. The summed E-state index contributed by atoms with van der Waals surface area (Å²) in [6, 6.07) is 6.52. The van der Waals surface area contributed by atoms with Crippen LogP contribution in [0.4, 0.5) is 0 Å². The molecule has 4 nitrogen and oxygen atoms in total. The van der Waals surface area contributed by atoms with Crippen molar-refractivity contribution in [3.8, 4) is 0 Å². The van der Waals surface area contributed by atoms with E-state index in [0.717, 1.165) is 12.8 Å². The van der Waals surface area contributed by atoms with E-state index in [0.29, 0.717) is 13.2 Å². The number of benzene rings is 1. The number of likely N-dealkylation sites (tertiary alicyclic amines) is 1. The molecule has 110 valence electrons. The van der Waals surface area contributed by atoms with Crippen LogP contribution in [0.5, 0.6) is 0 Å². The molecule has 0 aromatic heterocycles. The Kier molecular flexibility index (Phi) is 4.78. The maximum atomic E-state index is 10.9. The van der Waals surface area contributed by atoms with Gasteiger partial charge in [0, 0.05) is 19.5 Å². The van der Waals surface area contributed by atoms with Gasteiger partial charge >= 0.3 is 5.97 Å². The highest BCUT2D eigenvalue weighted by Crippen LogP contribution is 2.25. The van der Waals surface area contributed by atoms with E-state index >= 15 is 0 Å². The quantitative estimate of drug-likeness (QED) is 0.857. The molecule has 0 unspecified atom stereocenters. The van der Waals surface area contributed by atoms with E-state index in [1.165, 1.54) is 23.6 Å². The molecule has 1 heterocycles. The van der Waals surface area contributed by atoms with Crippen LogP contribution in [-0.4, -0.2) is 34.9 Å². The van der Waals surface area contributed by atoms with Crippen LogP contribution in [0.2, 0.25) is 0 Å². The van der Waals surface area contributed by atoms with Gasteiger partial charge in [0.25, 0.3) is 0 Å². The first-order chi connectivity index (χ1) is 9.45. The lowest BCUT2D eigenvalue weighted by Gasteiger charge is -2.27. The van der Waals surface area contributed by atoms with E-state index in [2.05, 4.69) is 32.0 Å². The van der Waals surface area contributed by atoms with Gasteiger partial charge in [0.2, 0.25) is 0 Å². The SMILES string of the molecule is CC(=O)OC[C@@H]1CC[C@@H](O)N1Cc1cc(C)cc(C)c1. The van der Waals surface area contributed by atoms with Crippen LogP contribution >= 0.6 is 0 Å². The van der Waals surface area contributed by atoms with Gasteiger partial charge in [0.1, 0.15) is 12.8 Å². The summed E-state index contributed by atoms with van der Waals surface area (Å²) in [6.07, 6.45) is 1.15. The van der Waals surface area contributed by atoms with Gasteiger partial charge < -0.3 is 9.84 Å². The Bertz CT molecular complexity index is 466. The highest BCUT2D eigenvalue weighted by Gasteiger charge is 2.32. The first-order valence-corrected chi connectivity index (χ1v) is 7.10. The number of aliphatic hydroxyl groups excluding tert-OH is 1. The fourth-order valence-electron chi connectivity index (χ4n) is 2.91. The number of hydrogen-bond acceptors (Lipinski definition) is 4. The molecule has 20 heavy (non-hydrogen) atoms. The molecule has 1 aliphatic heterocycles. The van der Waals surface area contributed by atoms with Gasteiger partial charge in [-0.15, -0.1) is 0 Å². The highest BCUT2D eigenvalue weighted by molar-refractivity contribution is 5.65. The third-order valence-electron chi connectivity index (χ3n) is 3.74. The molecule has 0 spiro atoms. The predicted octanol–water partition coefficient (Wildman–Crippen LogP) is 2.15. The van der Waals surface area contributed by atoms with Crippen LogP contribution in [0.15, 0.2) is 18.2 Å². The third-order valence-corrected chi connectivity index (χ3v) is 3.74. The number of carbonyl (C=O) groups is 1. The summed E-state index contributed by atoms with van der Waals surface area (Å²) in [5.74, 6) is -0.266. The molecule has 2 rings (SSSR count). The minimum Gasteiger partial charge on any atom is -0.464 e. The van der Waals surface area contributed by atoms with Crippen molar-refractivity contribution in [3.05, 3.63) is 34.9 Å². The standard InChI is InChI=1S/C16H23NO3/c1-11-6-12(2)8-14(7-11)9-17-15(4-5-16(17)19)10-20-13(3)18/h6-8,15-16,19H,4-5,9-10H2,1-3H3/t15-,16+/m0/s1. The Hall–Kier alpha value is -1.39. The first kappa shape index (κ1) is 15.0. The number of hydrogen-bond donors (Lipinski definition) is 1. The zero-order chi connectivity index (χ0) is 14.7. The fraction of sp³-hybridized carbons (Fsp3) is 0.562. The van der Waals surface area contributed by atoms with E-state index in [9.17, 15) is 9.90 Å². The Morgan fingerprint density at radius 3 is 2.55 bits per heavy atom. The smallest absolute Gasteiger partial charge is 0.302 e. The maximum Gasteiger partial charge on any atom is 0.302 e. The molecule has 1 aromatic carbocycles. The van der Waals surface area contributed by atoms with Crippen molar-refractivity contribution in [2.45, 2.75) is 52.4 Å². The molecule has 0 saturated carbocycles. The maximum absolute atomic E-state index is 10.9. The summed E-state index contributed by atoms with van der Waals surface area (Å²) in [7, 11) is 0. The molecule has 1 aliphatic rings. The van der Waals surface area contributed by atoms with Crippen molar-refractivity contribution in [1.82, 2.24) is 4.90 Å². The van der Waals surface area contributed by atoms with Crippen LogP contribution in [0.3, 0.4) is 0 Å². The Morgan fingerprint density at radius 1 is 1.30 bits per heavy atom. The zero-order valence-electron chi connectivity index (χ0n) is 12.4. The summed E-state index contributed by atoms with van der Waals surface area (Å²) in [5, 5.41) is 10.1. The Balaban J connectivity index is 2.06. The zero-order valence-corrected chi connectivity index (χ0v) is 12.4. The summed E-state index contributed by atoms with van der Waals surface area (Å²) < 4.78 is 5.10. The third kappa shape index (κ3) is 3.81. The molecular formula is C16H23NO3. The number of nitrogens with zero attached hydrogens (tertiary/aromatic N) is 1. The predicted molar refractivity (Wildman–Crippen MR) is 77.1 cm³/mol. The molecular weight excluding hydrogens is 254 g/mol. The van der Waals surface area contributed by atoms with Crippen molar-refractivity contribution >= 4 is 5.97 Å². The van der Waals surface area contributed by atoms with Crippen molar-refractivity contribution in [2.75, 3.05) is 6.61 Å². The van der Waals surface area contributed by atoms with Crippen LogP contribution in [0, 0.1) is 13.8 Å².